The van der Waals surface area contributed by atoms with Crippen molar-refractivity contribution in [2.45, 2.75) is 36.4 Å². The van der Waals surface area contributed by atoms with E-state index in [2.05, 4.69) is 15.5 Å². The van der Waals surface area contributed by atoms with E-state index in [0.29, 0.717) is 11.8 Å². The van der Waals surface area contributed by atoms with Crippen molar-refractivity contribution in [3.8, 4) is 0 Å². The van der Waals surface area contributed by atoms with Crippen LogP contribution < -0.4 is 5.32 Å². The van der Waals surface area contributed by atoms with Gasteiger partial charge in [-0.1, -0.05) is 6.08 Å². The van der Waals surface area contributed by atoms with E-state index in [4.69, 9.17) is 23.2 Å². The number of amidine groups is 1. The number of aliphatic imine (C=N–C) groups is 1. The number of amides is 1. The fourth-order valence-electron chi connectivity index (χ4n) is 4.54. The molecule has 2 bridgehead atoms. The van der Waals surface area contributed by atoms with E-state index in [9.17, 15) is 9.70 Å². The molecule has 4 aliphatic carbocycles. The average Bonchev–Trinajstić information content (AvgIpc) is 2.65. The molecular weight excluding hydrogens is 361 g/mol. The Labute approximate surface area is 156 Å². The van der Waals surface area contributed by atoms with Gasteiger partial charge in [-0.15, -0.1) is 28.1 Å². The molecule has 3 unspecified atom stereocenters. The summed E-state index contributed by atoms with van der Waals surface area (Å²) < 4.78 is 0. The third-order valence-corrected chi connectivity index (χ3v) is 6.65. The summed E-state index contributed by atoms with van der Waals surface area (Å²) in [5.74, 6) is 0.508. The van der Waals surface area contributed by atoms with Crippen LogP contribution in [0.15, 0.2) is 45.2 Å². The van der Waals surface area contributed by atoms with E-state index in [1.807, 2.05) is 18.2 Å². The molecule has 1 heterocycles. The van der Waals surface area contributed by atoms with Gasteiger partial charge >= 0.3 is 0 Å². The summed E-state index contributed by atoms with van der Waals surface area (Å²) in [7, 11) is 0. The Morgan fingerprint density at radius 3 is 2.56 bits per heavy atom. The highest BCUT2D eigenvalue weighted by Gasteiger charge is 2.44. The van der Waals surface area contributed by atoms with E-state index in [0.717, 1.165) is 48.4 Å². The van der Waals surface area contributed by atoms with Gasteiger partial charge in [-0.05, 0) is 60.8 Å². The highest BCUT2D eigenvalue weighted by molar-refractivity contribution is 6.32. The molecule has 1 saturated carbocycles. The SMILES string of the molecule is O=NC(=O)C1CN=C(NC2=CC(Cl)C(Cl)C=C2)C2=C1C1CCC2CC1. The van der Waals surface area contributed by atoms with E-state index >= 15 is 0 Å². The van der Waals surface area contributed by atoms with Gasteiger partial charge in [0.1, 0.15) is 5.84 Å². The zero-order valence-corrected chi connectivity index (χ0v) is 15.1. The van der Waals surface area contributed by atoms with Gasteiger partial charge in [0.15, 0.2) is 0 Å². The second kappa shape index (κ2) is 6.69. The summed E-state index contributed by atoms with van der Waals surface area (Å²) in [6.45, 7) is 0.286. The second-order valence-electron chi connectivity index (χ2n) is 7.08. The lowest BCUT2D eigenvalue weighted by Crippen LogP contribution is -2.43. The third kappa shape index (κ3) is 2.97. The molecule has 0 spiro atoms. The van der Waals surface area contributed by atoms with Crippen LogP contribution in [0, 0.1) is 22.7 Å². The molecule has 25 heavy (non-hydrogen) atoms. The number of carbonyl (C=O) groups excluding carboxylic acids is 1. The van der Waals surface area contributed by atoms with Crippen LogP contribution >= 0.6 is 23.2 Å². The summed E-state index contributed by atoms with van der Waals surface area (Å²) in [6, 6.07) is 0. The van der Waals surface area contributed by atoms with Crippen molar-refractivity contribution in [3.63, 3.8) is 0 Å². The number of hydrogen-bond acceptors (Lipinski definition) is 4. The Bertz CT molecular complexity index is 733. The zero-order valence-electron chi connectivity index (χ0n) is 13.6. The van der Waals surface area contributed by atoms with Crippen LogP contribution in [0.3, 0.4) is 0 Å². The molecule has 0 aromatic heterocycles. The van der Waals surface area contributed by atoms with Gasteiger partial charge in [-0.25, -0.2) is 0 Å². The summed E-state index contributed by atoms with van der Waals surface area (Å²) in [5, 5.41) is 5.56. The number of hydrogen-bond donors (Lipinski definition) is 1. The van der Waals surface area contributed by atoms with Crippen molar-refractivity contribution in [3.05, 3.63) is 40.0 Å². The predicted molar refractivity (Wildman–Crippen MR) is 98.7 cm³/mol. The molecule has 0 radical (unpaired) electrons. The van der Waals surface area contributed by atoms with E-state index in [1.165, 1.54) is 0 Å². The van der Waals surface area contributed by atoms with Crippen LogP contribution in [0.25, 0.3) is 0 Å². The Hall–Kier alpha value is -1.46. The molecule has 1 aliphatic heterocycles. The van der Waals surface area contributed by atoms with Crippen molar-refractivity contribution in [1.29, 1.82) is 0 Å². The predicted octanol–water partition coefficient (Wildman–Crippen LogP) is 3.68. The van der Waals surface area contributed by atoms with Crippen LogP contribution in [0.1, 0.15) is 25.7 Å². The number of nitrogens with zero attached hydrogens (tertiary/aromatic N) is 2. The van der Waals surface area contributed by atoms with Gasteiger partial charge in [-0.3, -0.25) is 9.79 Å². The number of halogens is 2. The van der Waals surface area contributed by atoms with Crippen molar-refractivity contribution in [2.24, 2.45) is 27.9 Å². The molecule has 5 rings (SSSR count). The summed E-state index contributed by atoms with van der Waals surface area (Å²) in [6.07, 6.45) is 10.0. The molecule has 3 atom stereocenters. The second-order valence-corrected chi connectivity index (χ2v) is 8.09. The number of dihydropyridines is 1. The Morgan fingerprint density at radius 2 is 1.88 bits per heavy atom. The molecule has 7 heteroatoms. The lowest BCUT2D eigenvalue weighted by atomic mass is 9.62. The average molecular weight is 380 g/mol. The number of nitroso groups, excluding NO2 is 1. The Balaban J connectivity index is 1.67. The van der Waals surface area contributed by atoms with Crippen LogP contribution in [0.4, 0.5) is 0 Å². The van der Waals surface area contributed by atoms with E-state index in [1.54, 1.807) is 0 Å². The summed E-state index contributed by atoms with van der Waals surface area (Å²) in [5.41, 5.74) is 3.09. The Kier molecular flexibility index (Phi) is 4.54. The van der Waals surface area contributed by atoms with Crippen LogP contribution in [0.2, 0.25) is 0 Å². The van der Waals surface area contributed by atoms with Gasteiger partial charge in [-0.2, -0.15) is 0 Å². The number of rotatable bonds is 2. The molecule has 5 aliphatic rings. The largest absolute Gasteiger partial charge is 0.341 e. The summed E-state index contributed by atoms with van der Waals surface area (Å²) >= 11 is 12.3. The monoisotopic (exact) mass is 379 g/mol. The first-order valence-electron chi connectivity index (χ1n) is 8.69. The molecular formula is C18H19Cl2N3O2. The first-order valence-corrected chi connectivity index (χ1v) is 9.57. The lowest BCUT2D eigenvalue weighted by Gasteiger charge is -2.44. The number of carbonyl (C=O) groups is 1. The normalized spacial score (nSPS) is 36.5. The fraction of sp³-hybridized carbons (Fsp3) is 0.556. The highest BCUT2D eigenvalue weighted by Crippen LogP contribution is 2.49. The maximum Gasteiger partial charge on any atom is 0.295 e. The topological polar surface area (TPSA) is 70.9 Å². The van der Waals surface area contributed by atoms with Gasteiger partial charge in [0.25, 0.3) is 5.91 Å². The van der Waals surface area contributed by atoms with Gasteiger partial charge in [0.2, 0.25) is 0 Å². The maximum absolute atomic E-state index is 12.0. The van der Waals surface area contributed by atoms with Crippen molar-refractivity contribution < 1.29 is 4.79 Å². The van der Waals surface area contributed by atoms with Crippen LogP contribution in [0.5, 0.6) is 0 Å². The van der Waals surface area contributed by atoms with Gasteiger partial charge < -0.3 is 5.32 Å². The zero-order chi connectivity index (χ0) is 17.6. The molecule has 0 aromatic rings. The van der Waals surface area contributed by atoms with Crippen molar-refractivity contribution in [1.82, 2.24) is 5.32 Å². The first-order chi connectivity index (χ1) is 12.1. The van der Waals surface area contributed by atoms with E-state index < -0.39 is 11.8 Å². The molecule has 0 saturated heterocycles. The molecule has 1 amide bonds. The number of alkyl halides is 2. The number of nitrogens with one attached hydrogen (secondary N) is 1. The maximum atomic E-state index is 12.0. The Morgan fingerprint density at radius 1 is 1.16 bits per heavy atom. The minimum absolute atomic E-state index is 0.221. The van der Waals surface area contributed by atoms with Crippen molar-refractivity contribution in [2.75, 3.05) is 6.54 Å². The quantitative estimate of drug-likeness (QED) is 0.587. The molecule has 1 N–H and O–H groups in total. The summed E-state index contributed by atoms with van der Waals surface area (Å²) in [4.78, 5) is 27.4. The minimum Gasteiger partial charge on any atom is -0.341 e. The smallest absolute Gasteiger partial charge is 0.295 e. The number of fused-ring (bicyclic) bond motifs is 2. The minimum atomic E-state index is -0.592. The lowest BCUT2D eigenvalue weighted by molar-refractivity contribution is -0.120. The molecule has 5 nitrogen and oxygen atoms in total. The molecule has 0 aromatic carbocycles. The first kappa shape index (κ1) is 17.0. The standard InChI is InChI=1S/C18H19Cl2N3O2/c19-13-6-5-11(7-14(13)20)22-17-16-10-3-1-9(2-4-10)15(16)12(8-21-17)18(24)23-25/h5-7,9-10,12-14H,1-4,8H2,(H,21,22). The van der Waals surface area contributed by atoms with Crippen molar-refractivity contribution >= 4 is 34.9 Å². The van der Waals surface area contributed by atoms with Gasteiger partial charge in [0.05, 0.1) is 23.2 Å². The van der Waals surface area contributed by atoms with E-state index in [-0.39, 0.29) is 17.3 Å². The number of allylic oxidation sites excluding steroid dienone is 3. The van der Waals surface area contributed by atoms with Crippen LogP contribution in [-0.2, 0) is 4.79 Å². The molecule has 1 fully saturated rings. The fourth-order valence-corrected chi connectivity index (χ4v) is 4.90. The highest BCUT2D eigenvalue weighted by atomic mass is 35.5. The third-order valence-electron chi connectivity index (χ3n) is 5.70. The van der Waals surface area contributed by atoms with Crippen LogP contribution in [-0.4, -0.2) is 29.0 Å². The molecule has 132 valence electrons. The van der Waals surface area contributed by atoms with Gasteiger partial charge in [0, 0.05) is 10.9 Å².